The van der Waals surface area contributed by atoms with E-state index in [9.17, 15) is 19.5 Å². The van der Waals surface area contributed by atoms with Gasteiger partial charge in [-0.3, -0.25) is 9.59 Å². The summed E-state index contributed by atoms with van der Waals surface area (Å²) in [5, 5.41) is 14.7. The smallest absolute Gasteiger partial charge is 0.252 e. The van der Waals surface area contributed by atoms with E-state index in [4.69, 9.17) is 0 Å². The van der Waals surface area contributed by atoms with Crippen molar-refractivity contribution < 1.29 is 19.5 Å². The molecule has 2 aromatic rings. The standard InChI is InChI=1S/C23H28N2O4/c1-16(2)11-18-9-6-10-19(12-18)22(28)25-21(15-27)23(29)24-20(14-26)13-17-7-4-3-5-8-17/h3-10,12,14,16,20-21,27H,11,13,15H2,1-2H3,(H,24,29)(H,25,28)/t20?,21-/m0/s1. The van der Waals surface area contributed by atoms with E-state index in [0.29, 0.717) is 24.2 Å². The van der Waals surface area contributed by atoms with E-state index in [1.165, 1.54) is 0 Å². The van der Waals surface area contributed by atoms with Gasteiger partial charge in [-0.1, -0.05) is 56.3 Å². The quantitative estimate of drug-likeness (QED) is 0.535. The van der Waals surface area contributed by atoms with Crippen molar-refractivity contribution in [3.05, 3.63) is 71.3 Å². The molecule has 0 aliphatic rings. The fourth-order valence-corrected chi connectivity index (χ4v) is 3.03. The average molecular weight is 396 g/mol. The summed E-state index contributed by atoms with van der Waals surface area (Å²) >= 11 is 0. The molecule has 0 saturated carbocycles. The number of hydrogen-bond acceptors (Lipinski definition) is 4. The molecule has 6 heteroatoms. The molecule has 29 heavy (non-hydrogen) atoms. The van der Waals surface area contributed by atoms with Crippen molar-refractivity contribution in [1.29, 1.82) is 0 Å². The van der Waals surface area contributed by atoms with Crippen LogP contribution in [0.2, 0.25) is 0 Å². The van der Waals surface area contributed by atoms with E-state index in [-0.39, 0.29) is 0 Å². The van der Waals surface area contributed by atoms with Gasteiger partial charge in [0.25, 0.3) is 5.91 Å². The zero-order valence-corrected chi connectivity index (χ0v) is 16.8. The molecule has 0 heterocycles. The van der Waals surface area contributed by atoms with E-state index in [0.717, 1.165) is 17.5 Å². The first kappa shape index (κ1) is 22.3. The Morgan fingerprint density at radius 3 is 2.28 bits per heavy atom. The second-order valence-corrected chi connectivity index (χ2v) is 7.45. The van der Waals surface area contributed by atoms with Gasteiger partial charge in [-0.05, 0) is 42.0 Å². The van der Waals surface area contributed by atoms with Crippen LogP contribution in [-0.2, 0) is 22.4 Å². The second kappa shape index (κ2) is 11.1. The predicted molar refractivity (Wildman–Crippen MR) is 111 cm³/mol. The molecule has 0 aromatic heterocycles. The molecule has 154 valence electrons. The Bertz CT molecular complexity index is 821. The normalized spacial score (nSPS) is 12.8. The molecule has 0 bridgehead atoms. The Morgan fingerprint density at radius 2 is 1.66 bits per heavy atom. The lowest BCUT2D eigenvalue weighted by atomic mass is 10.0. The second-order valence-electron chi connectivity index (χ2n) is 7.45. The number of aliphatic hydroxyl groups is 1. The number of aliphatic hydroxyl groups excluding tert-OH is 1. The van der Waals surface area contributed by atoms with E-state index < -0.39 is 30.5 Å². The van der Waals surface area contributed by atoms with Crippen LogP contribution in [0.1, 0.15) is 35.3 Å². The molecule has 0 saturated heterocycles. The minimum atomic E-state index is -1.14. The number of carbonyl (C=O) groups excluding carboxylic acids is 3. The van der Waals surface area contributed by atoms with Crippen LogP contribution in [0.15, 0.2) is 54.6 Å². The van der Waals surface area contributed by atoms with Gasteiger partial charge in [0.2, 0.25) is 5.91 Å². The van der Waals surface area contributed by atoms with Crippen LogP contribution in [0.5, 0.6) is 0 Å². The summed E-state index contributed by atoms with van der Waals surface area (Å²) in [6.07, 6.45) is 1.82. The minimum Gasteiger partial charge on any atom is -0.394 e. The summed E-state index contributed by atoms with van der Waals surface area (Å²) in [6, 6.07) is 14.6. The highest BCUT2D eigenvalue weighted by molar-refractivity contribution is 5.98. The van der Waals surface area contributed by atoms with Crippen LogP contribution in [0.4, 0.5) is 0 Å². The number of hydrogen-bond donors (Lipinski definition) is 3. The van der Waals surface area contributed by atoms with Gasteiger partial charge in [0.1, 0.15) is 12.3 Å². The van der Waals surface area contributed by atoms with Crippen LogP contribution in [0.25, 0.3) is 0 Å². The molecule has 1 unspecified atom stereocenters. The molecule has 2 amide bonds. The maximum atomic E-state index is 12.5. The molecule has 3 N–H and O–H groups in total. The molecule has 0 spiro atoms. The van der Waals surface area contributed by atoms with Gasteiger partial charge in [0, 0.05) is 5.56 Å². The minimum absolute atomic E-state index is 0.333. The number of benzene rings is 2. The molecule has 2 atom stereocenters. The van der Waals surface area contributed by atoms with Crippen LogP contribution < -0.4 is 10.6 Å². The van der Waals surface area contributed by atoms with Crippen molar-refractivity contribution in [2.45, 2.75) is 38.8 Å². The monoisotopic (exact) mass is 396 g/mol. The molecule has 0 radical (unpaired) electrons. The SMILES string of the molecule is CC(C)Cc1cccc(C(=O)N[C@@H](CO)C(=O)NC(C=O)Cc2ccccc2)c1. The summed E-state index contributed by atoms with van der Waals surface area (Å²) in [4.78, 5) is 36.4. The van der Waals surface area contributed by atoms with Gasteiger partial charge in [0.05, 0.1) is 12.6 Å². The molecule has 2 aromatic carbocycles. The van der Waals surface area contributed by atoms with Crippen molar-refractivity contribution in [3.8, 4) is 0 Å². The topological polar surface area (TPSA) is 95.5 Å². The molecular formula is C23H28N2O4. The third-order valence-corrected chi connectivity index (χ3v) is 4.43. The maximum Gasteiger partial charge on any atom is 0.252 e. The zero-order valence-electron chi connectivity index (χ0n) is 16.8. The van der Waals surface area contributed by atoms with Crippen LogP contribution in [-0.4, -0.2) is 41.9 Å². The van der Waals surface area contributed by atoms with Gasteiger partial charge in [-0.15, -0.1) is 0 Å². The summed E-state index contributed by atoms with van der Waals surface area (Å²) in [5.74, 6) is -0.600. The first-order chi connectivity index (χ1) is 13.9. The highest BCUT2D eigenvalue weighted by Crippen LogP contribution is 2.11. The van der Waals surface area contributed by atoms with Crippen molar-refractivity contribution in [1.82, 2.24) is 10.6 Å². The van der Waals surface area contributed by atoms with E-state index >= 15 is 0 Å². The highest BCUT2D eigenvalue weighted by Gasteiger charge is 2.23. The summed E-state index contributed by atoms with van der Waals surface area (Å²) < 4.78 is 0. The lowest BCUT2D eigenvalue weighted by molar-refractivity contribution is -0.126. The Morgan fingerprint density at radius 1 is 0.966 bits per heavy atom. The van der Waals surface area contributed by atoms with Gasteiger partial charge < -0.3 is 20.5 Å². The first-order valence-corrected chi connectivity index (χ1v) is 9.73. The third kappa shape index (κ3) is 7.16. The molecule has 0 aliphatic heterocycles. The van der Waals surface area contributed by atoms with Crippen molar-refractivity contribution in [2.75, 3.05) is 6.61 Å². The number of amides is 2. The van der Waals surface area contributed by atoms with Crippen LogP contribution >= 0.6 is 0 Å². The number of carbonyl (C=O) groups is 3. The van der Waals surface area contributed by atoms with E-state index in [1.807, 2.05) is 36.4 Å². The first-order valence-electron chi connectivity index (χ1n) is 9.73. The summed E-state index contributed by atoms with van der Waals surface area (Å²) in [6.45, 7) is 3.62. The maximum absolute atomic E-state index is 12.5. The van der Waals surface area contributed by atoms with Gasteiger partial charge >= 0.3 is 0 Å². The van der Waals surface area contributed by atoms with Gasteiger partial charge in [0.15, 0.2) is 0 Å². The van der Waals surface area contributed by atoms with Crippen molar-refractivity contribution in [2.24, 2.45) is 5.92 Å². The van der Waals surface area contributed by atoms with E-state index in [1.54, 1.807) is 18.2 Å². The van der Waals surface area contributed by atoms with Crippen LogP contribution in [0, 0.1) is 5.92 Å². The molecule has 0 fully saturated rings. The fraction of sp³-hybridized carbons (Fsp3) is 0.348. The Hall–Kier alpha value is -2.99. The lowest BCUT2D eigenvalue weighted by Crippen LogP contribution is -2.52. The van der Waals surface area contributed by atoms with Crippen molar-refractivity contribution in [3.63, 3.8) is 0 Å². The van der Waals surface area contributed by atoms with Crippen molar-refractivity contribution >= 4 is 18.1 Å². The highest BCUT2D eigenvalue weighted by atomic mass is 16.3. The average Bonchev–Trinajstić information content (AvgIpc) is 2.71. The predicted octanol–water partition coefficient (Wildman–Crippen LogP) is 1.90. The Balaban J connectivity index is 1.99. The molecule has 0 aliphatic carbocycles. The fourth-order valence-electron chi connectivity index (χ4n) is 3.03. The lowest BCUT2D eigenvalue weighted by Gasteiger charge is -2.19. The Labute approximate surface area is 171 Å². The number of nitrogens with one attached hydrogen (secondary N) is 2. The summed E-state index contributed by atoms with van der Waals surface area (Å²) in [5.41, 5.74) is 2.35. The largest absolute Gasteiger partial charge is 0.394 e. The third-order valence-electron chi connectivity index (χ3n) is 4.43. The number of rotatable bonds is 10. The molecular weight excluding hydrogens is 368 g/mol. The summed E-state index contributed by atoms with van der Waals surface area (Å²) in [7, 11) is 0. The zero-order chi connectivity index (χ0) is 21.2. The Kier molecular flexibility index (Phi) is 8.55. The molecule has 6 nitrogen and oxygen atoms in total. The molecule has 2 rings (SSSR count). The van der Waals surface area contributed by atoms with Gasteiger partial charge in [-0.2, -0.15) is 0 Å². The van der Waals surface area contributed by atoms with E-state index in [2.05, 4.69) is 24.5 Å². The van der Waals surface area contributed by atoms with Gasteiger partial charge in [-0.25, -0.2) is 0 Å². The number of aldehydes is 1. The van der Waals surface area contributed by atoms with Crippen LogP contribution in [0.3, 0.4) is 0 Å².